The summed E-state index contributed by atoms with van der Waals surface area (Å²) in [6.45, 7) is 2.23. The van der Waals surface area contributed by atoms with Crippen molar-refractivity contribution in [3.05, 3.63) is 48.6 Å². The van der Waals surface area contributed by atoms with Crippen LogP contribution in [0.2, 0.25) is 0 Å². The van der Waals surface area contributed by atoms with Crippen LogP contribution < -0.4 is 0 Å². The third-order valence-electron chi connectivity index (χ3n) is 3.22. The van der Waals surface area contributed by atoms with Gasteiger partial charge in [0.25, 0.3) is 0 Å². The molecular formula is C20H34CaO2. The van der Waals surface area contributed by atoms with Crippen molar-refractivity contribution in [3.8, 4) is 0 Å². The molecule has 0 aromatic heterocycles. The van der Waals surface area contributed by atoms with E-state index in [1.54, 1.807) is 0 Å². The Morgan fingerprint density at radius 3 is 1.65 bits per heavy atom. The van der Waals surface area contributed by atoms with Crippen molar-refractivity contribution in [2.24, 2.45) is 0 Å². The summed E-state index contributed by atoms with van der Waals surface area (Å²) in [5.74, 6) is -0.712. The van der Waals surface area contributed by atoms with Gasteiger partial charge in [0, 0.05) is 6.42 Å². The summed E-state index contributed by atoms with van der Waals surface area (Å²) >= 11 is 0. The number of carboxylic acids is 1. The number of unbranched alkanes of at least 4 members (excludes halogenated alkanes) is 4. The van der Waals surface area contributed by atoms with Gasteiger partial charge in [-0.15, -0.1) is 0 Å². The standard InChI is InChI=1S/C20H32O2.Ca.2H/c1-2-3-4-5-6-7-8-9-10-11-12-13-14-15-16-17-18-19-20(21)22;;;/h6-7,9-10,12-13,15-16H,2-5,8,11,14,17-19H2,1H3,(H,21,22);;;/q;+2;2*-1/b7-6-,10-9-,13-12-,16-15-;;;. The minimum Gasteiger partial charge on any atom is -1.00 e. The molecule has 0 saturated carbocycles. The van der Waals surface area contributed by atoms with Crippen molar-refractivity contribution in [1.82, 2.24) is 0 Å². The van der Waals surface area contributed by atoms with E-state index in [1.165, 1.54) is 25.7 Å². The first-order chi connectivity index (χ1) is 10.8. The van der Waals surface area contributed by atoms with E-state index in [-0.39, 0.29) is 47.0 Å². The van der Waals surface area contributed by atoms with Crippen molar-refractivity contribution in [1.29, 1.82) is 0 Å². The summed E-state index contributed by atoms with van der Waals surface area (Å²) in [4.78, 5) is 10.3. The molecule has 2 nitrogen and oxygen atoms in total. The quantitative estimate of drug-likeness (QED) is 0.236. The Labute approximate surface area is 175 Å². The molecule has 0 atom stereocenters. The van der Waals surface area contributed by atoms with E-state index >= 15 is 0 Å². The Hall–Kier alpha value is -0.310. The predicted molar refractivity (Wildman–Crippen MR) is 104 cm³/mol. The van der Waals surface area contributed by atoms with Crippen molar-refractivity contribution in [2.75, 3.05) is 0 Å². The van der Waals surface area contributed by atoms with Crippen LogP contribution in [-0.4, -0.2) is 48.8 Å². The van der Waals surface area contributed by atoms with Crippen LogP contribution in [0.1, 0.15) is 74.0 Å². The van der Waals surface area contributed by atoms with Gasteiger partial charge in [0.1, 0.15) is 0 Å². The second-order valence-corrected chi connectivity index (χ2v) is 5.37. The number of rotatable bonds is 14. The van der Waals surface area contributed by atoms with Gasteiger partial charge in [-0.25, -0.2) is 0 Å². The molecule has 0 radical (unpaired) electrons. The van der Waals surface area contributed by atoms with Gasteiger partial charge < -0.3 is 7.96 Å². The van der Waals surface area contributed by atoms with Crippen molar-refractivity contribution in [3.63, 3.8) is 0 Å². The molecule has 0 saturated heterocycles. The molecular weight excluding hydrogens is 312 g/mol. The molecule has 0 amide bonds. The molecule has 0 rings (SSSR count). The smallest absolute Gasteiger partial charge is 1.00 e. The van der Waals surface area contributed by atoms with Crippen LogP contribution in [0, 0.1) is 0 Å². The van der Waals surface area contributed by atoms with E-state index in [9.17, 15) is 4.79 Å². The molecule has 23 heavy (non-hydrogen) atoms. The van der Waals surface area contributed by atoms with Crippen LogP contribution in [0.15, 0.2) is 48.6 Å². The Balaban J connectivity index is -0.000000735. The SMILES string of the molecule is CCCCC/C=C\C/C=C\C/C=C\C/C=C\CCCC(=O)O.[Ca+2].[H-].[H-]. The van der Waals surface area contributed by atoms with Crippen LogP contribution in [0.5, 0.6) is 0 Å². The third kappa shape index (κ3) is 24.1. The van der Waals surface area contributed by atoms with Gasteiger partial charge >= 0.3 is 43.7 Å². The Morgan fingerprint density at radius 2 is 1.22 bits per heavy atom. The van der Waals surface area contributed by atoms with Crippen LogP contribution in [0.4, 0.5) is 0 Å². The fourth-order valence-electron chi connectivity index (χ4n) is 1.93. The predicted octanol–water partition coefficient (Wildman–Crippen LogP) is 6.06. The monoisotopic (exact) mass is 346 g/mol. The van der Waals surface area contributed by atoms with Gasteiger partial charge in [-0.1, -0.05) is 68.4 Å². The first-order valence-corrected chi connectivity index (χ1v) is 8.59. The van der Waals surface area contributed by atoms with Crippen LogP contribution in [0.25, 0.3) is 0 Å². The summed E-state index contributed by atoms with van der Waals surface area (Å²) < 4.78 is 0. The molecule has 0 unspecified atom stereocenters. The van der Waals surface area contributed by atoms with Gasteiger partial charge in [-0.05, 0) is 44.9 Å². The van der Waals surface area contributed by atoms with E-state index in [4.69, 9.17) is 5.11 Å². The summed E-state index contributed by atoms with van der Waals surface area (Å²) in [6, 6.07) is 0. The molecule has 0 aromatic rings. The number of hydrogen-bond acceptors (Lipinski definition) is 1. The van der Waals surface area contributed by atoms with E-state index in [2.05, 4.69) is 55.5 Å². The van der Waals surface area contributed by atoms with Crippen LogP contribution in [0.3, 0.4) is 0 Å². The van der Waals surface area contributed by atoms with E-state index in [0.29, 0.717) is 0 Å². The average molecular weight is 347 g/mol. The molecule has 0 bridgehead atoms. The topological polar surface area (TPSA) is 37.3 Å². The number of allylic oxidation sites excluding steroid dienone is 8. The molecule has 0 heterocycles. The Kier molecular flexibility index (Phi) is 23.5. The zero-order valence-corrected chi connectivity index (χ0v) is 17.0. The van der Waals surface area contributed by atoms with Gasteiger partial charge in [-0.2, -0.15) is 0 Å². The zero-order chi connectivity index (χ0) is 16.3. The molecule has 0 fully saturated rings. The minimum atomic E-state index is -0.712. The Bertz CT molecular complexity index is 378. The summed E-state index contributed by atoms with van der Waals surface area (Å²) in [5.41, 5.74) is 0. The minimum absolute atomic E-state index is 0. The molecule has 0 spiro atoms. The molecule has 1 N–H and O–H groups in total. The maximum Gasteiger partial charge on any atom is 2.00 e. The number of carboxylic acid groups (broad SMARTS) is 1. The second-order valence-electron chi connectivity index (χ2n) is 5.37. The normalized spacial score (nSPS) is 11.9. The maximum absolute atomic E-state index is 10.3. The van der Waals surface area contributed by atoms with Crippen LogP contribution in [-0.2, 0) is 4.79 Å². The van der Waals surface area contributed by atoms with Crippen molar-refractivity contribution >= 4 is 43.7 Å². The van der Waals surface area contributed by atoms with Gasteiger partial charge in [-0.3, -0.25) is 4.79 Å². The molecule has 0 aliphatic heterocycles. The largest absolute Gasteiger partial charge is 2.00 e. The molecule has 0 aliphatic rings. The molecule has 0 aromatic carbocycles. The fraction of sp³-hybridized carbons (Fsp3) is 0.550. The molecule has 0 aliphatic carbocycles. The van der Waals surface area contributed by atoms with E-state index in [1.807, 2.05) is 0 Å². The Morgan fingerprint density at radius 1 is 0.783 bits per heavy atom. The van der Waals surface area contributed by atoms with Crippen molar-refractivity contribution in [2.45, 2.75) is 71.1 Å². The van der Waals surface area contributed by atoms with Crippen molar-refractivity contribution < 1.29 is 12.8 Å². The first-order valence-electron chi connectivity index (χ1n) is 8.59. The number of hydrogen-bond donors (Lipinski definition) is 1. The molecule has 128 valence electrons. The summed E-state index contributed by atoms with van der Waals surface area (Å²) in [6.07, 6.45) is 27.3. The number of aliphatic carboxylic acids is 1. The zero-order valence-electron chi connectivity index (χ0n) is 16.8. The molecule has 3 heteroatoms. The number of carbonyl (C=O) groups is 1. The maximum atomic E-state index is 10.3. The van der Waals surface area contributed by atoms with Gasteiger partial charge in [0.15, 0.2) is 0 Å². The third-order valence-corrected chi connectivity index (χ3v) is 3.22. The fourth-order valence-corrected chi connectivity index (χ4v) is 1.93. The average Bonchev–Trinajstić information content (AvgIpc) is 2.50. The van der Waals surface area contributed by atoms with E-state index in [0.717, 1.165) is 32.1 Å². The summed E-state index contributed by atoms with van der Waals surface area (Å²) in [7, 11) is 0. The van der Waals surface area contributed by atoms with Crippen LogP contribution >= 0.6 is 0 Å². The second kappa shape index (κ2) is 21.7. The van der Waals surface area contributed by atoms with E-state index < -0.39 is 5.97 Å². The van der Waals surface area contributed by atoms with Gasteiger partial charge in [0.05, 0.1) is 0 Å². The van der Waals surface area contributed by atoms with Gasteiger partial charge in [0.2, 0.25) is 0 Å². The first kappa shape index (κ1) is 24.9. The summed E-state index contributed by atoms with van der Waals surface area (Å²) in [5, 5.41) is 8.49.